The minimum absolute atomic E-state index is 0.926. The molecule has 0 spiro atoms. The third kappa shape index (κ3) is 4.09. The van der Waals surface area contributed by atoms with E-state index in [0.29, 0.717) is 0 Å². The Hall–Kier alpha value is -2.96. The molecule has 29 heavy (non-hydrogen) atoms. The van der Waals surface area contributed by atoms with Crippen molar-refractivity contribution in [2.24, 2.45) is 0 Å². The first-order chi connectivity index (χ1) is 14.3. The minimum Gasteiger partial charge on any atom is -0.330 e. The summed E-state index contributed by atoms with van der Waals surface area (Å²) in [5, 5.41) is 0. The molecule has 1 aliphatic rings. The molecular formula is C23H26N6. The van der Waals surface area contributed by atoms with Crippen LogP contribution in [0.2, 0.25) is 0 Å². The monoisotopic (exact) mass is 386 g/mol. The van der Waals surface area contributed by atoms with Crippen LogP contribution in [0.4, 0.5) is 0 Å². The van der Waals surface area contributed by atoms with Gasteiger partial charge >= 0.3 is 0 Å². The molecule has 4 heterocycles. The van der Waals surface area contributed by atoms with E-state index >= 15 is 0 Å². The van der Waals surface area contributed by atoms with Crippen LogP contribution >= 0.6 is 0 Å². The van der Waals surface area contributed by atoms with Gasteiger partial charge in [-0.3, -0.25) is 9.80 Å². The molecule has 0 saturated carbocycles. The summed E-state index contributed by atoms with van der Waals surface area (Å²) in [7, 11) is 0. The summed E-state index contributed by atoms with van der Waals surface area (Å²) in [5.74, 6) is 1.05. The van der Waals surface area contributed by atoms with Crippen molar-refractivity contribution >= 4 is 5.65 Å². The van der Waals surface area contributed by atoms with Crippen molar-refractivity contribution < 1.29 is 0 Å². The Morgan fingerprint density at radius 1 is 0.793 bits per heavy atom. The van der Waals surface area contributed by atoms with Gasteiger partial charge in [0.15, 0.2) is 0 Å². The maximum absolute atomic E-state index is 4.73. The van der Waals surface area contributed by atoms with Crippen LogP contribution in [0.5, 0.6) is 0 Å². The summed E-state index contributed by atoms with van der Waals surface area (Å²) in [6, 6.07) is 16.6. The summed E-state index contributed by atoms with van der Waals surface area (Å²) >= 11 is 0. The Balaban J connectivity index is 1.14. The number of benzene rings is 1. The number of hydrogen-bond acceptors (Lipinski definition) is 4. The summed E-state index contributed by atoms with van der Waals surface area (Å²) in [5.41, 5.74) is 3.35. The number of rotatable bonds is 6. The zero-order valence-corrected chi connectivity index (χ0v) is 16.6. The maximum atomic E-state index is 4.73. The minimum atomic E-state index is 0.926. The first-order valence-electron chi connectivity index (χ1n) is 10.3. The number of nitrogens with zero attached hydrogens (tertiary/aromatic N) is 6. The van der Waals surface area contributed by atoms with Crippen molar-refractivity contribution in [2.45, 2.75) is 13.1 Å². The van der Waals surface area contributed by atoms with Gasteiger partial charge in [-0.2, -0.15) is 0 Å². The average molecular weight is 387 g/mol. The zero-order chi connectivity index (χ0) is 19.5. The molecule has 5 rings (SSSR count). The number of fused-ring (bicyclic) bond motifs is 1. The van der Waals surface area contributed by atoms with Crippen molar-refractivity contribution in [3.8, 4) is 11.4 Å². The van der Waals surface area contributed by atoms with E-state index in [-0.39, 0.29) is 0 Å². The van der Waals surface area contributed by atoms with Crippen molar-refractivity contribution in [2.75, 3.05) is 32.7 Å². The van der Waals surface area contributed by atoms with Gasteiger partial charge in [-0.25, -0.2) is 9.97 Å². The lowest BCUT2D eigenvalue weighted by Crippen LogP contribution is -2.46. The second-order valence-electron chi connectivity index (χ2n) is 7.63. The highest BCUT2D eigenvalue weighted by Gasteiger charge is 2.18. The molecule has 1 fully saturated rings. The van der Waals surface area contributed by atoms with Crippen LogP contribution in [-0.2, 0) is 13.1 Å². The van der Waals surface area contributed by atoms with E-state index < -0.39 is 0 Å². The second-order valence-corrected chi connectivity index (χ2v) is 7.63. The van der Waals surface area contributed by atoms with Crippen LogP contribution < -0.4 is 0 Å². The van der Waals surface area contributed by atoms with Gasteiger partial charge in [0.2, 0.25) is 0 Å². The number of imidazole rings is 2. The third-order valence-corrected chi connectivity index (χ3v) is 5.67. The Morgan fingerprint density at radius 3 is 2.41 bits per heavy atom. The summed E-state index contributed by atoms with van der Waals surface area (Å²) in [4.78, 5) is 14.3. The fraction of sp³-hybridized carbons (Fsp3) is 0.304. The summed E-state index contributed by atoms with van der Waals surface area (Å²) < 4.78 is 4.36. The molecule has 1 aliphatic heterocycles. The molecule has 0 aliphatic carbocycles. The fourth-order valence-corrected chi connectivity index (χ4v) is 4.05. The number of piperazine rings is 1. The molecular weight excluding hydrogens is 360 g/mol. The molecule has 0 unspecified atom stereocenters. The lowest BCUT2D eigenvalue weighted by Gasteiger charge is -2.34. The highest BCUT2D eigenvalue weighted by atomic mass is 15.3. The Kier molecular flexibility index (Phi) is 5.11. The van der Waals surface area contributed by atoms with E-state index in [1.54, 1.807) is 0 Å². The van der Waals surface area contributed by atoms with Crippen LogP contribution in [0, 0.1) is 0 Å². The first kappa shape index (κ1) is 18.1. The van der Waals surface area contributed by atoms with Crippen molar-refractivity contribution in [1.29, 1.82) is 0 Å². The molecule has 0 bridgehead atoms. The van der Waals surface area contributed by atoms with E-state index in [2.05, 4.69) is 72.7 Å². The van der Waals surface area contributed by atoms with Gasteiger partial charge in [0.05, 0.1) is 5.69 Å². The van der Waals surface area contributed by atoms with Gasteiger partial charge in [0.25, 0.3) is 0 Å². The summed E-state index contributed by atoms with van der Waals surface area (Å²) in [6.07, 6.45) is 8.19. The quantitative estimate of drug-likeness (QED) is 0.511. The molecule has 4 aromatic rings. The van der Waals surface area contributed by atoms with Crippen molar-refractivity contribution in [3.63, 3.8) is 0 Å². The molecule has 1 aromatic carbocycles. The fourth-order valence-electron chi connectivity index (χ4n) is 4.05. The molecule has 0 N–H and O–H groups in total. The molecule has 6 nitrogen and oxygen atoms in total. The first-order valence-corrected chi connectivity index (χ1v) is 10.3. The van der Waals surface area contributed by atoms with Gasteiger partial charge in [0.1, 0.15) is 11.5 Å². The standard InChI is InChI=1S/C23H26N6/c1-2-6-20(7-3-1)23-24-9-11-28(23)17-16-26-12-14-27(15-13-26)18-21-19-29-10-5-4-8-22(29)25-21/h1-11,19H,12-18H2. The van der Waals surface area contributed by atoms with Crippen LogP contribution in [0.15, 0.2) is 73.3 Å². The zero-order valence-electron chi connectivity index (χ0n) is 16.6. The summed E-state index contributed by atoms with van der Waals surface area (Å²) in [6.45, 7) is 7.32. The van der Waals surface area contributed by atoms with Crippen LogP contribution in [0.3, 0.4) is 0 Å². The van der Waals surface area contributed by atoms with E-state index in [1.165, 1.54) is 5.56 Å². The highest BCUT2D eigenvalue weighted by molar-refractivity contribution is 5.55. The van der Waals surface area contributed by atoms with E-state index in [0.717, 1.165) is 63.0 Å². The van der Waals surface area contributed by atoms with E-state index in [9.17, 15) is 0 Å². The van der Waals surface area contributed by atoms with Crippen LogP contribution in [0.25, 0.3) is 17.0 Å². The van der Waals surface area contributed by atoms with Gasteiger partial charge in [-0.05, 0) is 12.1 Å². The smallest absolute Gasteiger partial charge is 0.139 e. The van der Waals surface area contributed by atoms with Gasteiger partial charge < -0.3 is 8.97 Å². The highest BCUT2D eigenvalue weighted by Crippen LogP contribution is 2.17. The topological polar surface area (TPSA) is 41.6 Å². The normalized spacial score (nSPS) is 15.9. The lowest BCUT2D eigenvalue weighted by atomic mass is 10.2. The third-order valence-electron chi connectivity index (χ3n) is 5.67. The average Bonchev–Trinajstić information content (AvgIpc) is 3.40. The predicted octanol–water partition coefficient (Wildman–Crippen LogP) is 3.02. The maximum Gasteiger partial charge on any atom is 0.139 e. The Labute approximate surface area is 171 Å². The molecule has 0 atom stereocenters. The van der Waals surface area contributed by atoms with E-state index in [1.807, 2.05) is 24.4 Å². The Morgan fingerprint density at radius 2 is 1.59 bits per heavy atom. The largest absolute Gasteiger partial charge is 0.330 e. The van der Waals surface area contributed by atoms with Gasteiger partial charge in [0, 0.05) is 76.2 Å². The van der Waals surface area contributed by atoms with Gasteiger partial charge in [-0.1, -0.05) is 36.4 Å². The van der Waals surface area contributed by atoms with Crippen molar-refractivity contribution in [1.82, 2.24) is 28.7 Å². The SMILES string of the molecule is c1ccc(-c2nccn2CCN2CCN(Cc3cn4ccccc4n3)CC2)cc1. The van der Waals surface area contributed by atoms with Crippen LogP contribution in [0.1, 0.15) is 5.69 Å². The second kappa shape index (κ2) is 8.19. The molecule has 6 heteroatoms. The molecule has 148 valence electrons. The molecule has 0 radical (unpaired) electrons. The number of aromatic nitrogens is 4. The van der Waals surface area contributed by atoms with Crippen LogP contribution in [-0.4, -0.2) is 61.5 Å². The molecule has 0 amide bonds. The molecule has 1 saturated heterocycles. The van der Waals surface area contributed by atoms with E-state index in [4.69, 9.17) is 4.98 Å². The predicted molar refractivity (Wildman–Crippen MR) is 115 cm³/mol. The number of hydrogen-bond donors (Lipinski definition) is 0. The van der Waals surface area contributed by atoms with Crippen molar-refractivity contribution in [3.05, 3.63) is 79.0 Å². The van der Waals surface area contributed by atoms with Gasteiger partial charge in [-0.15, -0.1) is 0 Å². The molecule has 3 aromatic heterocycles. The number of pyridine rings is 1. The lowest BCUT2D eigenvalue weighted by molar-refractivity contribution is 0.123. The Bertz CT molecular complexity index is 1030.